The summed E-state index contributed by atoms with van der Waals surface area (Å²) in [4.78, 5) is 24.8. The molecule has 1 N–H and O–H groups in total. The summed E-state index contributed by atoms with van der Waals surface area (Å²) < 4.78 is 8.45. The molecule has 4 rings (SSSR count). The van der Waals surface area contributed by atoms with Gasteiger partial charge in [0.25, 0.3) is 5.91 Å². The molecule has 6 heteroatoms. The number of fused-ring (bicyclic) bond motifs is 2. The molecule has 1 aromatic heterocycles. The molecule has 0 aliphatic carbocycles. The molecule has 0 unspecified atom stereocenters. The van der Waals surface area contributed by atoms with E-state index < -0.39 is 6.10 Å². The molecular formula is C23H22N2O3S. The smallest absolute Gasteiger partial charge is 0.308 e. The Bertz CT molecular complexity index is 1260. The summed E-state index contributed by atoms with van der Waals surface area (Å²) in [6.07, 6.45) is -0.661. The predicted octanol–water partition coefficient (Wildman–Crippen LogP) is 5.20. The second kappa shape index (κ2) is 7.72. The van der Waals surface area contributed by atoms with Gasteiger partial charge in [-0.05, 0) is 61.9 Å². The average Bonchev–Trinajstić information content (AvgIpc) is 3.03. The van der Waals surface area contributed by atoms with Crippen molar-refractivity contribution >= 4 is 43.9 Å². The number of carbonyl (C=O) groups excluding carboxylic acids is 1. The van der Waals surface area contributed by atoms with Gasteiger partial charge in [-0.15, -0.1) is 0 Å². The van der Waals surface area contributed by atoms with Gasteiger partial charge in [0.2, 0.25) is 0 Å². The van der Waals surface area contributed by atoms with Gasteiger partial charge < -0.3 is 10.1 Å². The van der Waals surface area contributed by atoms with Crippen LogP contribution in [0.15, 0.2) is 65.5 Å². The summed E-state index contributed by atoms with van der Waals surface area (Å²) in [5.74, 6) is 0.405. The average molecular weight is 407 g/mol. The fraction of sp³-hybridized carbons (Fsp3) is 0.217. The first kappa shape index (κ1) is 19.2. The molecule has 3 aromatic carbocycles. The zero-order valence-corrected chi connectivity index (χ0v) is 17.3. The maximum atomic E-state index is 12.6. The van der Waals surface area contributed by atoms with E-state index in [4.69, 9.17) is 4.74 Å². The molecule has 5 nitrogen and oxygen atoms in total. The van der Waals surface area contributed by atoms with Gasteiger partial charge in [0.1, 0.15) is 5.75 Å². The largest absolute Gasteiger partial charge is 0.481 e. The third kappa shape index (κ3) is 3.89. The van der Waals surface area contributed by atoms with Crippen LogP contribution in [-0.4, -0.2) is 16.6 Å². The van der Waals surface area contributed by atoms with Crippen LogP contribution in [0.25, 0.3) is 21.0 Å². The lowest BCUT2D eigenvalue weighted by Gasteiger charge is -2.15. The molecule has 1 heterocycles. The summed E-state index contributed by atoms with van der Waals surface area (Å²) in [7, 11) is 0. The van der Waals surface area contributed by atoms with Crippen LogP contribution >= 0.6 is 11.3 Å². The monoisotopic (exact) mass is 406 g/mol. The van der Waals surface area contributed by atoms with Crippen molar-refractivity contribution in [2.45, 2.75) is 32.9 Å². The molecule has 0 saturated heterocycles. The third-order valence-corrected chi connectivity index (χ3v) is 5.72. The number of rotatable bonds is 5. The van der Waals surface area contributed by atoms with E-state index in [1.165, 1.54) is 11.3 Å². The number of hydrogen-bond donors (Lipinski definition) is 1. The molecule has 4 aromatic rings. The van der Waals surface area contributed by atoms with Crippen molar-refractivity contribution in [2.24, 2.45) is 0 Å². The van der Waals surface area contributed by atoms with E-state index in [-0.39, 0.29) is 16.8 Å². The minimum atomic E-state index is -0.661. The number of nitrogens with zero attached hydrogens (tertiary/aromatic N) is 1. The Morgan fingerprint density at radius 2 is 1.76 bits per heavy atom. The Morgan fingerprint density at radius 3 is 2.52 bits per heavy atom. The minimum absolute atomic E-state index is 0.00600. The van der Waals surface area contributed by atoms with Crippen LogP contribution in [0.3, 0.4) is 0 Å². The lowest BCUT2D eigenvalue weighted by molar-refractivity contribution is -0.122. The first-order valence-electron chi connectivity index (χ1n) is 9.54. The van der Waals surface area contributed by atoms with E-state index in [0.29, 0.717) is 11.4 Å². The Hall–Kier alpha value is -3.12. The molecule has 1 amide bonds. The van der Waals surface area contributed by atoms with Crippen molar-refractivity contribution in [1.82, 2.24) is 4.57 Å². The number of aromatic nitrogens is 1. The molecule has 0 fully saturated rings. The van der Waals surface area contributed by atoms with Gasteiger partial charge in [-0.25, -0.2) is 0 Å². The minimum Gasteiger partial charge on any atom is -0.481 e. The zero-order chi connectivity index (χ0) is 20.5. The highest BCUT2D eigenvalue weighted by Gasteiger charge is 2.16. The third-order valence-electron chi connectivity index (χ3n) is 4.80. The molecule has 29 heavy (non-hydrogen) atoms. The first-order valence-corrected chi connectivity index (χ1v) is 10.4. The Balaban J connectivity index is 1.49. The van der Waals surface area contributed by atoms with E-state index in [2.05, 4.69) is 5.32 Å². The number of amides is 1. The quantitative estimate of drug-likeness (QED) is 0.495. The molecule has 0 aliphatic heterocycles. The Kier molecular flexibility index (Phi) is 5.11. The maximum absolute atomic E-state index is 12.6. The number of nitrogens with one attached hydrogen (secondary N) is 1. The molecule has 0 aliphatic rings. The van der Waals surface area contributed by atoms with Crippen LogP contribution in [0, 0.1) is 0 Å². The van der Waals surface area contributed by atoms with Crippen LogP contribution in [0.5, 0.6) is 5.75 Å². The summed E-state index contributed by atoms with van der Waals surface area (Å²) in [5, 5.41) is 5.07. The summed E-state index contributed by atoms with van der Waals surface area (Å²) in [6, 6.07) is 19.4. The van der Waals surface area contributed by atoms with Crippen molar-refractivity contribution in [3.8, 4) is 5.75 Å². The number of carbonyl (C=O) groups is 1. The Morgan fingerprint density at radius 1 is 1.00 bits per heavy atom. The molecule has 0 spiro atoms. The second-order valence-corrected chi connectivity index (χ2v) is 8.27. The molecular weight excluding hydrogens is 384 g/mol. The van der Waals surface area contributed by atoms with Gasteiger partial charge in [0.15, 0.2) is 6.10 Å². The van der Waals surface area contributed by atoms with E-state index in [9.17, 15) is 9.59 Å². The Labute approximate surface area is 172 Å². The first-order chi connectivity index (χ1) is 13.9. The summed E-state index contributed by atoms with van der Waals surface area (Å²) in [5.41, 5.74) is 1.53. The SMILES string of the molecule is CC(C)n1c(=O)sc2cc(NC(=O)[C@H](C)Oc3ccc4ccccc4c3)ccc21. The summed E-state index contributed by atoms with van der Waals surface area (Å²) >= 11 is 1.19. The number of benzene rings is 3. The number of ether oxygens (including phenoxy) is 1. The van der Waals surface area contributed by atoms with Crippen molar-refractivity contribution in [2.75, 3.05) is 5.32 Å². The fourth-order valence-corrected chi connectivity index (χ4v) is 4.40. The highest BCUT2D eigenvalue weighted by Crippen LogP contribution is 2.25. The van der Waals surface area contributed by atoms with Crippen molar-refractivity contribution in [3.05, 3.63) is 70.3 Å². The van der Waals surface area contributed by atoms with E-state index in [0.717, 1.165) is 21.0 Å². The van der Waals surface area contributed by atoms with E-state index in [1.807, 2.05) is 74.5 Å². The predicted molar refractivity (Wildman–Crippen MR) is 119 cm³/mol. The number of thiazole rings is 1. The van der Waals surface area contributed by atoms with Gasteiger partial charge in [0.05, 0.1) is 10.2 Å². The standard InChI is InChI=1S/C23H22N2O3S/c1-14(2)25-20-11-9-18(13-21(20)29-23(25)27)24-22(26)15(3)28-19-10-8-16-6-4-5-7-17(16)12-19/h4-15H,1-3H3,(H,24,26)/t15-/m0/s1. The van der Waals surface area contributed by atoms with Crippen LogP contribution in [0.1, 0.15) is 26.8 Å². The van der Waals surface area contributed by atoms with E-state index in [1.54, 1.807) is 11.5 Å². The van der Waals surface area contributed by atoms with Crippen LogP contribution in [-0.2, 0) is 4.79 Å². The highest BCUT2D eigenvalue weighted by atomic mass is 32.1. The maximum Gasteiger partial charge on any atom is 0.308 e. The molecule has 0 bridgehead atoms. The normalized spacial score (nSPS) is 12.4. The van der Waals surface area contributed by atoms with Crippen LogP contribution < -0.4 is 14.9 Å². The van der Waals surface area contributed by atoms with Crippen molar-refractivity contribution < 1.29 is 9.53 Å². The van der Waals surface area contributed by atoms with E-state index >= 15 is 0 Å². The van der Waals surface area contributed by atoms with Gasteiger partial charge in [0, 0.05) is 11.7 Å². The summed E-state index contributed by atoms with van der Waals surface area (Å²) in [6.45, 7) is 5.68. The van der Waals surface area contributed by atoms with Gasteiger partial charge in [-0.1, -0.05) is 41.7 Å². The van der Waals surface area contributed by atoms with Gasteiger partial charge >= 0.3 is 4.87 Å². The van der Waals surface area contributed by atoms with Crippen molar-refractivity contribution in [1.29, 1.82) is 0 Å². The molecule has 0 saturated carbocycles. The lowest BCUT2D eigenvalue weighted by atomic mass is 10.1. The highest BCUT2D eigenvalue weighted by molar-refractivity contribution is 7.16. The topological polar surface area (TPSA) is 60.3 Å². The van der Waals surface area contributed by atoms with Crippen LogP contribution in [0.2, 0.25) is 0 Å². The fourth-order valence-electron chi connectivity index (χ4n) is 3.35. The lowest BCUT2D eigenvalue weighted by Crippen LogP contribution is -2.30. The number of anilines is 1. The van der Waals surface area contributed by atoms with Gasteiger partial charge in [-0.2, -0.15) is 0 Å². The molecule has 0 radical (unpaired) electrons. The second-order valence-electron chi connectivity index (χ2n) is 7.27. The van der Waals surface area contributed by atoms with Crippen molar-refractivity contribution in [3.63, 3.8) is 0 Å². The molecule has 1 atom stereocenters. The zero-order valence-electron chi connectivity index (χ0n) is 16.5. The van der Waals surface area contributed by atoms with Crippen LogP contribution in [0.4, 0.5) is 5.69 Å². The van der Waals surface area contributed by atoms with Gasteiger partial charge in [-0.3, -0.25) is 14.2 Å². The number of hydrogen-bond acceptors (Lipinski definition) is 4. The molecule has 148 valence electrons.